The van der Waals surface area contributed by atoms with Crippen LogP contribution in [-0.4, -0.2) is 12.6 Å². The third-order valence-electron chi connectivity index (χ3n) is 1.30. The number of carbonyl (C=O) groups is 1. The van der Waals surface area contributed by atoms with E-state index >= 15 is 0 Å². The van der Waals surface area contributed by atoms with Gasteiger partial charge in [0.05, 0.1) is 0 Å². The third-order valence-corrected chi connectivity index (χ3v) is 1.30. The summed E-state index contributed by atoms with van der Waals surface area (Å²) >= 11 is 0. The standard InChI is InChI=1S/C12H16O2/c1-3-5-7-9-11-14-12(13)10-8-6-4-2/h3-10H,11H2,1-2H3/b5-3?,6-4+,9-7?,10-8+. The lowest BCUT2D eigenvalue weighted by Crippen LogP contribution is -1.99. The molecule has 0 rings (SSSR count). The Morgan fingerprint density at radius 1 is 1.07 bits per heavy atom. The zero-order valence-corrected chi connectivity index (χ0v) is 8.64. The van der Waals surface area contributed by atoms with Crippen LogP contribution in [0, 0.1) is 0 Å². The van der Waals surface area contributed by atoms with Gasteiger partial charge in [-0.1, -0.05) is 36.5 Å². The monoisotopic (exact) mass is 192 g/mol. The van der Waals surface area contributed by atoms with Gasteiger partial charge in [0.1, 0.15) is 6.61 Å². The van der Waals surface area contributed by atoms with Gasteiger partial charge in [-0.25, -0.2) is 4.79 Å². The molecule has 0 unspecified atom stereocenters. The van der Waals surface area contributed by atoms with Crippen LogP contribution in [0.1, 0.15) is 13.8 Å². The molecule has 0 amide bonds. The maximum absolute atomic E-state index is 11.0. The van der Waals surface area contributed by atoms with Crippen molar-refractivity contribution in [2.75, 3.05) is 6.61 Å². The van der Waals surface area contributed by atoms with Crippen LogP contribution >= 0.6 is 0 Å². The molecule has 0 heterocycles. The second-order valence-corrected chi connectivity index (χ2v) is 2.47. The fraction of sp³-hybridized carbons (Fsp3) is 0.250. The van der Waals surface area contributed by atoms with Crippen LogP contribution in [0.5, 0.6) is 0 Å². The first-order valence-corrected chi connectivity index (χ1v) is 4.55. The highest BCUT2D eigenvalue weighted by Gasteiger charge is 1.90. The lowest BCUT2D eigenvalue weighted by atomic mass is 10.4. The predicted molar refractivity (Wildman–Crippen MR) is 58.9 cm³/mol. The Hall–Kier alpha value is -1.57. The van der Waals surface area contributed by atoms with E-state index in [9.17, 15) is 4.79 Å². The Kier molecular flexibility index (Phi) is 8.45. The summed E-state index contributed by atoms with van der Waals surface area (Å²) in [6, 6.07) is 0. The van der Waals surface area contributed by atoms with Crippen LogP contribution in [0.3, 0.4) is 0 Å². The molecular weight excluding hydrogens is 176 g/mol. The van der Waals surface area contributed by atoms with Crippen LogP contribution in [0.15, 0.2) is 48.6 Å². The van der Waals surface area contributed by atoms with E-state index in [-0.39, 0.29) is 5.97 Å². The van der Waals surface area contributed by atoms with Crippen LogP contribution in [-0.2, 0) is 9.53 Å². The minimum Gasteiger partial charge on any atom is -0.458 e. The van der Waals surface area contributed by atoms with E-state index in [0.29, 0.717) is 6.61 Å². The molecule has 0 atom stereocenters. The molecule has 76 valence electrons. The molecule has 0 aromatic carbocycles. The van der Waals surface area contributed by atoms with Crippen molar-refractivity contribution in [2.24, 2.45) is 0 Å². The first kappa shape index (κ1) is 12.4. The summed E-state index contributed by atoms with van der Waals surface area (Å²) in [4.78, 5) is 11.0. The van der Waals surface area contributed by atoms with Gasteiger partial charge in [-0.05, 0) is 19.9 Å². The summed E-state index contributed by atoms with van der Waals surface area (Å²) < 4.78 is 4.85. The molecule has 0 aromatic heterocycles. The van der Waals surface area contributed by atoms with Crippen LogP contribution in [0.4, 0.5) is 0 Å². The third kappa shape index (κ3) is 8.53. The highest BCUT2D eigenvalue weighted by Crippen LogP contribution is 1.85. The fourth-order valence-electron chi connectivity index (χ4n) is 0.669. The SMILES string of the molecule is CC=CC=CCOC(=O)/C=C/C=C/C. The van der Waals surface area contributed by atoms with E-state index < -0.39 is 0 Å². The second kappa shape index (κ2) is 9.52. The van der Waals surface area contributed by atoms with Crippen molar-refractivity contribution in [3.8, 4) is 0 Å². The van der Waals surface area contributed by atoms with Crippen molar-refractivity contribution >= 4 is 5.97 Å². The number of esters is 1. The molecule has 0 fully saturated rings. The summed E-state index contributed by atoms with van der Waals surface area (Å²) in [6.07, 6.45) is 14.1. The predicted octanol–water partition coefficient (Wildman–Crippen LogP) is 2.79. The molecule has 2 heteroatoms. The number of rotatable bonds is 5. The summed E-state index contributed by atoms with van der Waals surface area (Å²) in [7, 11) is 0. The lowest BCUT2D eigenvalue weighted by Gasteiger charge is -1.94. The van der Waals surface area contributed by atoms with Gasteiger partial charge < -0.3 is 4.74 Å². The molecule has 0 spiro atoms. The van der Waals surface area contributed by atoms with Crippen LogP contribution in [0.25, 0.3) is 0 Å². The Labute approximate surface area is 85.3 Å². The second-order valence-electron chi connectivity index (χ2n) is 2.47. The summed E-state index contributed by atoms with van der Waals surface area (Å²) in [5.41, 5.74) is 0. The van der Waals surface area contributed by atoms with E-state index in [0.717, 1.165) is 0 Å². The van der Waals surface area contributed by atoms with Gasteiger partial charge in [-0.3, -0.25) is 0 Å². The Morgan fingerprint density at radius 2 is 1.71 bits per heavy atom. The largest absolute Gasteiger partial charge is 0.458 e. The normalized spacial score (nSPS) is 12.4. The number of carbonyl (C=O) groups excluding carboxylic acids is 1. The quantitative estimate of drug-likeness (QED) is 0.380. The zero-order chi connectivity index (χ0) is 10.6. The topological polar surface area (TPSA) is 26.3 Å². The Morgan fingerprint density at radius 3 is 2.36 bits per heavy atom. The van der Waals surface area contributed by atoms with Gasteiger partial charge in [0, 0.05) is 6.08 Å². The highest BCUT2D eigenvalue weighted by atomic mass is 16.5. The number of hydrogen-bond donors (Lipinski definition) is 0. The van der Waals surface area contributed by atoms with Crippen molar-refractivity contribution in [1.29, 1.82) is 0 Å². The summed E-state index contributed by atoms with van der Waals surface area (Å²) in [5, 5.41) is 0. The zero-order valence-electron chi connectivity index (χ0n) is 8.64. The smallest absolute Gasteiger partial charge is 0.331 e. The van der Waals surface area contributed by atoms with Gasteiger partial charge in [0.15, 0.2) is 0 Å². The molecule has 2 nitrogen and oxygen atoms in total. The van der Waals surface area contributed by atoms with Gasteiger partial charge in [0.2, 0.25) is 0 Å². The molecule has 0 bridgehead atoms. The number of allylic oxidation sites excluding steroid dienone is 6. The first-order chi connectivity index (χ1) is 6.81. The van der Waals surface area contributed by atoms with Gasteiger partial charge in [0.25, 0.3) is 0 Å². The van der Waals surface area contributed by atoms with Crippen molar-refractivity contribution in [3.05, 3.63) is 48.6 Å². The van der Waals surface area contributed by atoms with Crippen molar-refractivity contribution in [1.82, 2.24) is 0 Å². The molecule has 0 saturated carbocycles. The molecule has 0 aliphatic carbocycles. The number of ether oxygens (including phenoxy) is 1. The molecule has 0 aromatic rings. The molecule has 14 heavy (non-hydrogen) atoms. The van der Waals surface area contributed by atoms with Crippen LogP contribution in [0.2, 0.25) is 0 Å². The average Bonchev–Trinajstić information content (AvgIpc) is 2.18. The van der Waals surface area contributed by atoms with Gasteiger partial charge in [-0.2, -0.15) is 0 Å². The maximum atomic E-state index is 11.0. The van der Waals surface area contributed by atoms with E-state index in [1.165, 1.54) is 6.08 Å². The van der Waals surface area contributed by atoms with E-state index in [2.05, 4.69) is 0 Å². The average molecular weight is 192 g/mol. The van der Waals surface area contributed by atoms with E-state index in [4.69, 9.17) is 4.74 Å². The summed E-state index contributed by atoms with van der Waals surface area (Å²) in [5.74, 6) is -0.326. The van der Waals surface area contributed by atoms with Crippen LogP contribution < -0.4 is 0 Å². The molecule has 0 N–H and O–H groups in total. The molecule has 0 aliphatic heterocycles. The molecular formula is C12H16O2. The number of hydrogen-bond acceptors (Lipinski definition) is 2. The van der Waals surface area contributed by atoms with Gasteiger partial charge in [-0.15, -0.1) is 0 Å². The van der Waals surface area contributed by atoms with Crippen molar-refractivity contribution < 1.29 is 9.53 Å². The fourth-order valence-corrected chi connectivity index (χ4v) is 0.669. The Bertz CT molecular complexity index is 257. The van der Waals surface area contributed by atoms with E-state index in [1.807, 2.05) is 38.2 Å². The molecule has 0 aliphatic rings. The Balaban J connectivity index is 3.64. The lowest BCUT2D eigenvalue weighted by molar-refractivity contribution is -0.136. The minimum absolute atomic E-state index is 0.309. The van der Waals surface area contributed by atoms with E-state index in [1.54, 1.807) is 18.2 Å². The maximum Gasteiger partial charge on any atom is 0.331 e. The molecule has 0 saturated heterocycles. The van der Waals surface area contributed by atoms with Crippen molar-refractivity contribution in [3.63, 3.8) is 0 Å². The minimum atomic E-state index is -0.326. The summed E-state index contributed by atoms with van der Waals surface area (Å²) in [6.45, 7) is 4.12. The molecule has 0 radical (unpaired) electrons. The highest BCUT2D eigenvalue weighted by molar-refractivity contribution is 5.82. The first-order valence-electron chi connectivity index (χ1n) is 4.55. The van der Waals surface area contributed by atoms with Crippen molar-refractivity contribution in [2.45, 2.75) is 13.8 Å². The van der Waals surface area contributed by atoms with Gasteiger partial charge >= 0.3 is 5.97 Å².